The lowest BCUT2D eigenvalue weighted by Crippen LogP contribution is -2.57. The number of hydrogen-bond donors (Lipinski definition) is 0. The van der Waals surface area contributed by atoms with Gasteiger partial charge in [0.15, 0.2) is 5.78 Å². The van der Waals surface area contributed by atoms with Gasteiger partial charge in [-0.05, 0) is 40.9 Å². The minimum atomic E-state index is 0.213. The van der Waals surface area contributed by atoms with Crippen LogP contribution in [0.1, 0.15) is 32.8 Å². The van der Waals surface area contributed by atoms with Crippen LogP contribution in [0.2, 0.25) is 0 Å². The molecule has 3 aliphatic carbocycles. The van der Waals surface area contributed by atoms with Crippen LogP contribution in [-0.2, 0) is 4.79 Å². The third-order valence-corrected chi connectivity index (χ3v) is 5.16. The Kier molecular flexibility index (Phi) is 2.48. The number of carbonyl (C=O) groups is 1. The number of rotatable bonds is 1. The first-order valence-corrected chi connectivity index (χ1v) is 6.82. The Morgan fingerprint density at radius 2 is 1.89 bits per heavy atom. The summed E-state index contributed by atoms with van der Waals surface area (Å²) in [5.41, 5.74) is 2.40. The minimum Gasteiger partial charge on any atom is -0.294 e. The highest BCUT2D eigenvalue weighted by Gasteiger charge is 2.58. The zero-order chi connectivity index (χ0) is 12.9. The van der Waals surface area contributed by atoms with E-state index in [0.717, 1.165) is 17.6 Å². The van der Waals surface area contributed by atoms with Crippen molar-refractivity contribution < 1.29 is 4.79 Å². The number of Topliss-reactive ketones (excluding diaryl/α,β-unsaturated/α-hetero) is 1. The fourth-order valence-electron chi connectivity index (χ4n) is 3.83. The van der Waals surface area contributed by atoms with Crippen molar-refractivity contribution >= 4 is 11.9 Å². The summed E-state index contributed by atoms with van der Waals surface area (Å²) >= 11 is 0. The van der Waals surface area contributed by atoms with E-state index in [1.54, 1.807) is 0 Å². The van der Waals surface area contributed by atoms with Gasteiger partial charge in [-0.2, -0.15) is 0 Å². The molecule has 4 rings (SSSR count). The molecular weight excluding hydrogens is 220 g/mol. The van der Waals surface area contributed by atoms with E-state index in [1.165, 1.54) is 0 Å². The monoisotopic (exact) mass is 240 g/mol. The van der Waals surface area contributed by atoms with Crippen LogP contribution in [0.4, 0.5) is 0 Å². The van der Waals surface area contributed by atoms with Crippen LogP contribution in [-0.4, -0.2) is 5.78 Å². The van der Waals surface area contributed by atoms with E-state index in [4.69, 9.17) is 0 Å². The van der Waals surface area contributed by atoms with Crippen LogP contribution in [0, 0.1) is 23.2 Å². The van der Waals surface area contributed by atoms with Crippen LogP contribution in [0.3, 0.4) is 0 Å². The quantitative estimate of drug-likeness (QED) is 0.679. The van der Waals surface area contributed by atoms with Gasteiger partial charge in [-0.3, -0.25) is 4.79 Å². The molecule has 3 atom stereocenters. The average molecular weight is 240 g/mol. The maximum Gasteiger partial charge on any atom is 0.162 e. The van der Waals surface area contributed by atoms with Gasteiger partial charge in [0.25, 0.3) is 0 Å². The van der Waals surface area contributed by atoms with Crippen LogP contribution >= 0.6 is 0 Å². The van der Waals surface area contributed by atoms with Crippen molar-refractivity contribution in [1.29, 1.82) is 0 Å². The van der Waals surface area contributed by atoms with Gasteiger partial charge < -0.3 is 0 Å². The Balaban J connectivity index is 1.96. The van der Waals surface area contributed by atoms with Gasteiger partial charge in [-0.25, -0.2) is 0 Å². The first-order valence-electron chi connectivity index (χ1n) is 6.82. The molecule has 0 saturated heterocycles. The average Bonchev–Trinajstić information content (AvgIpc) is 2.34. The zero-order valence-corrected chi connectivity index (χ0v) is 11.3. The number of allylic oxidation sites excluding steroid dienone is 1. The van der Waals surface area contributed by atoms with Crippen LogP contribution in [0.15, 0.2) is 35.9 Å². The van der Waals surface area contributed by atoms with Gasteiger partial charge in [0.1, 0.15) is 0 Å². The molecule has 0 aliphatic heterocycles. The molecule has 1 aromatic carbocycles. The number of fused-ring (bicyclic) bond motifs is 2. The van der Waals surface area contributed by atoms with Crippen LogP contribution in [0.5, 0.6) is 0 Å². The third-order valence-electron chi connectivity index (χ3n) is 5.16. The molecule has 3 saturated carbocycles. The summed E-state index contributed by atoms with van der Waals surface area (Å²) in [4.78, 5) is 12.5. The van der Waals surface area contributed by atoms with Crippen molar-refractivity contribution in [3.05, 3.63) is 41.5 Å². The lowest BCUT2D eigenvalue weighted by molar-refractivity contribution is -0.146. The molecule has 0 spiro atoms. The Morgan fingerprint density at radius 1 is 1.22 bits per heavy atom. The third kappa shape index (κ3) is 1.50. The van der Waals surface area contributed by atoms with Crippen LogP contribution < -0.4 is 0 Å². The van der Waals surface area contributed by atoms with Gasteiger partial charge in [0.2, 0.25) is 0 Å². The molecule has 3 unspecified atom stereocenters. The van der Waals surface area contributed by atoms with Crippen molar-refractivity contribution in [2.45, 2.75) is 27.2 Å². The highest BCUT2D eigenvalue weighted by Crippen LogP contribution is 2.61. The molecular formula is C17H20O. The predicted molar refractivity (Wildman–Crippen MR) is 74.0 cm³/mol. The first kappa shape index (κ1) is 11.7. The summed E-state index contributed by atoms with van der Waals surface area (Å²) in [6.45, 7) is 6.72. The fraction of sp³-hybridized carbons (Fsp3) is 0.471. The zero-order valence-electron chi connectivity index (χ0n) is 11.3. The van der Waals surface area contributed by atoms with Gasteiger partial charge in [-0.1, -0.05) is 51.1 Å². The van der Waals surface area contributed by atoms with Crippen molar-refractivity contribution in [2.24, 2.45) is 23.2 Å². The summed E-state index contributed by atoms with van der Waals surface area (Å²) in [5, 5.41) is 0. The molecule has 1 aromatic rings. The van der Waals surface area contributed by atoms with Gasteiger partial charge in [0.05, 0.1) is 0 Å². The van der Waals surface area contributed by atoms with Crippen molar-refractivity contribution in [3.8, 4) is 0 Å². The van der Waals surface area contributed by atoms with E-state index in [1.807, 2.05) is 18.2 Å². The number of benzene rings is 1. The maximum absolute atomic E-state index is 12.5. The van der Waals surface area contributed by atoms with Gasteiger partial charge in [-0.15, -0.1) is 0 Å². The summed E-state index contributed by atoms with van der Waals surface area (Å²) in [6, 6.07) is 10.2. The molecule has 0 N–H and O–H groups in total. The lowest BCUT2D eigenvalue weighted by Gasteiger charge is -2.59. The number of carbonyl (C=O) groups excluding carboxylic acids is 1. The Morgan fingerprint density at radius 3 is 2.44 bits per heavy atom. The maximum atomic E-state index is 12.5. The second kappa shape index (κ2) is 3.81. The van der Waals surface area contributed by atoms with Crippen LogP contribution in [0.25, 0.3) is 6.08 Å². The molecule has 94 valence electrons. The number of ketones is 1. The Labute approximate surface area is 109 Å². The highest BCUT2D eigenvalue weighted by atomic mass is 16.1. The highest BCUT2D eigenvalue weighted by molar-refractivity contribution is 6.04. The summed E-state index contributed by atoms with van der Waals surface area (Å²) in [7, 11) is 0. The second-order valence-corrected chi connectivity index (χ2v) is 6.38. The topological polar surface area (TPSA) is 17.1 Å². The summed E-state index contributed by atoms with van der Waals surface area (Å²) in [5.74, 6) is 1.72. The Hall–Kier alpha value is -1.37. The molecule has 0 heterocycles. The largest absolute Gasteiger partial charge is 0.294 e. The fourth-order valence-corrected chi connectivity index (χ4v) is 3.83. The minimum absolute atomic E-state index is 0.213. The first-order chi connectivity index (χ1) is 8.51. The summed E-state index contributed by atoms with van der Waals surface area (Å²) in [6.07, 6.45) is 3.19. The molecule has 3 fully saturated rings. The molecule has 2 bridgehead atoms. The molecule has 0 amide bonds. The smallest absolute Gasteiger partial charge is 0.162 e. The van der Waals surface area contributed by atoms with Gasteiger partial charge >= 0.3 is 0 Å². The molecule has 0 aromatic heterocycles. The molecule has 0 radical (unpaired) electrons. The molecule has 3 aliphatic rings. The van der Waals surface area contributed by atoms with E-state index in [2.05, 4.69) is 39.0 Å². The number of hydrogen-bond acceptors (Lipinski definition) is 1. The van der Waals surface area contributed by atoms with Crippen molar-refractivity contribution in [2.75, 3.05) is 0 Å². The normalized spacial score (nSPS) is 35.4. The lowest BCUT2D eigenvalue weighted by atomic mass is 9.44. The van der Waals surface area contributed by atoms with E-state index in [0.29, 0.717) is 17.6 Å². The van der Waals surface area contributed by atoms with E-state index in [-0.39, 0.29) is 11.3 Å². The summed E-state index contributed by atoms with van der Waals surface area (Å²) < 4.78 is 0. The van der Waals surface area contributed by atoms with E-state index < -0.39 is 0 Å². The van der Waals surface area contributed by atoms with E-state index in [9.17, 15) is 4.79 Å². The van der Waals surface area contributed by atoms with Crippen molar-refractivity contribution in [1.82, 2.24) is 0 Å². The van der Waals surface area contributed by atoms with E-state index >= 15 is 0 Å². The Bertz CT molecular complexity index is 510. The molecule has 1 nitrogen and oxygen atoms in total. The molecule has 18 heavy (non-hydrogen) atoms. The second-order valence-electron chi connectivity index (χ2n) is 6.38. The standard InChI is InChI=1S/C17H20O/c1-11-13(9-12-7-5-4-6-8-12)16(18)15-10-14(11)17(15,2)3/h4-9,11,14-15H,10H2,1-3H3. The van der Waals surface area contributed by atoms with Gasteiger partial charge in [0, 0.05) is 5.92 Å². The van der Waals surface area contributed by atoms with Crippen molar-refractivity contribution in [3.63, 3.8) is 0 Å². The molecule has 1 heteroatoms. The predicted octanol–water partition coefficient (Wildman–Crippen LogP) is 3.95. The SMILES string of the molecule is CC1C(=Cc2ccccc2)C(=O)C2CC1C2(C)C.